The molecule has 1 aromatic heterocycles. The van der Waals surface area contributed by atoms with Gasteiger partial charge in [0.15, 0.2) is 0 Å². The molecule has 1 rings (SSSR count). The zero-order valence-electron chi connectivity index (χ0n) is 4.94. The van der Waals surface area contributed by atoms with Crippen molar-refractivity contribution in [1.82, 2.24) is 4.98 Å². The summed E-state index contributed by atoms with van der Waals surface area (Å²) in [5.74, 6) is 0. The van der Waals surface area contributed by atoms with Gasteiger partial charge in [0.05, 0.1) is 4.47 Å². The van der Waals surface area contributed by atoms with Gasteiger partial charge in [-0.1, -0.05) is 12.2 Å². The summed E-state index contributed by atoms with van der Waals surface area (Å²) in [6.07, 6.45) is 1.88. The average Bonchev–Trinajstić information content (AvgIpc) is 1.80. The van der Waals surface area contributed by atoms with Crippen LogP contribution in [-0.4, -0.2) is 4.98 Å². The number of pyridine rings is 1. The molecule has 0 aromatic carbocycles. The first kappa shape index (κ1) is 6.96. The van der Waals surface area contributed by atoms with E-state index in [1.165, 1.54) is 5.56 Å². The fraction of sp³-hybridized carbons (Fsp3) is 0.167. The minimum atomic E-state index is 0.751. The molecule has 3 heteroatoms. The normalized spacial score (nSPS) is 9.56. The Kier molecular flexibility index (Phi) is 2.03. The lowest BCUT2D eigenvalue weighted by Gasteiger charge is -1.91. The number of H-pyrrole nitrogens is 1. The van der Waals surface area contributed by atoms with Crippen LogP contribution in [0.1, 0.15) is 5.56 Å². The summed E-state index contributed by atoms with van der Waals surface area (Å²) < 4.78 is 1.71. The summed E-state index contributed by atoms with van der Waals surface area (Å²) >= 11 is 8.22. The van der Waals surface area contributed by atoms with E-state index in [4.69, 9.17) is 12.2 Å². The fourth-order valence-electron chi connectivity index (χ4n) is 0.555. The topological polar surface area (TPSA) is 15.8 Å². The molecule has 0 unspecified atom stereocenters. The molecule has 0 fully saturated rings. The lowest BCUT2D eigenvalue weighted by atomic mass is 10.3. The Morgan fingerprint density at radius 3 is 2.78 bits per heavy atom. The Hall–Kier alpha value is -0.150. The zero-order chi connectivity index (χ0) is 6.85. The second-order valence-corrected chi connectivity index (χ2v) is 3.12. The van der Waals surface area contributed by atoms with Gasteiger partial charge in [-0.05, 0) is 34.5 Å². The van der Waals surface area contributed by atoms with Crippen LogP contribution in [0.2, 0.25) is 0 Å². The van der Waals surface area contributed by atoms with Crippen LogP contribution in [0.25, 0.3) is 0 Å². The molecule has 0 spiro atoms. The van der Waals surface area contributed by atoms with Crippen molar-refractivity contribution in [2.45, 2.75) is 6.92 Å². The third-order valence-electron chi connectivity index (χ3n) is 1.00. The number of nitrogens with one attached hydrogen (secondary N) is 1. The molecule has 1 aromatic rings. The second kappa shape index (κ2) is 2.62. The van der Waals surface area contributed by atoms with Crippen molar-refractivity contribution >= 4 is 28.1 Å². The van der Waals surface area contributed by atoms with Gasteiger partial charge < -0.3 is 4.98 Å². The zero-order valence-corrected chi connectivity index (χ0v) is 7.34. The Morgan fingerprint density at radius 1 is 1.67 bits per heavy atom. The van der Waals surface area contributed by atoms with Crippen LogP contribution in [0, 0.1) is 11.6 Å². The molecule has 0 amide bonds. The van der Waals surface area contributed by atoms with Gasteiger partial charge in [0.2, 0.25) is 0 Å². The average molecular weight is 204 g/mol. The monoisotopic (exact) mass is 203 g/mol. The molecule has 0 saturated carbocycles. The lowest BCUT2D eigenvalue weighted by molar-refractivity contribution is 1.23. The maximum atomic E-state index is 4.91. The first-order chi connectivity index (χ1) is 4.20. The van der Waals surface area contributed by atoms with Crippen LogP contribution < -0.4 is 0 Å². The minimum Gasteiger partial charge on any atom is -0.352 e. The largest absolute Gasteiger partial charge is 0.352 e. The highest BCUT2D eigenvalue weighted by atomic mass is 79.9. The van der Waals surface area contributed by atoms with Crippen LogP contribution in [0.5, 0.6) is 0 Å². The van der Waals surface area contributed by atoms with E-state index in [1.54, 1.807) is 0 Å². The molecule has 1 heterocycles. The van der Waals surface area contributed by atoms with Crippen molar-refractivity contribution in [3.05, 3.63) is 26.9 Å². The van der Waals surface area contributed by atoms with Crippen LogP contribution in [-0.2, 0) is 0 Å². The van der Waals surface area contributed by atoms with E-state index in [1.807, 2.05) is 19.2 Å². The number of aryl methyl sites for hydroxylation is 1. The molecule has 48 valence electrons. The van der Waals surface area contributed by atoms with Crippen molar-refractivity contribution in [3.63, 3.8) is 0 Å². The van der Waals surface area contributed by atoms with E-state index in [9.17, 15) is 0 Å². The summed E-state index contributed by atoms with van der Waals surface area (Å²) in [6.45, 7) is 2.01. The number of aromatic amines is 1. The second-order valence-electron chi connectivity index (χ2n) is 1.85. The summed E-state index contributed by atoms with van der Waals surface area (Å²) in [6, 6.07) is 1.98. The first-order valence-corrected chi connectivity index (χ1v) is 3.75. The Bertz CT molecular complexity index is 266. The van der Waals surface area contributed by atoms with Crippen LogP contribution in [0.15, 0.2) is 16.7 Å². The molecule has 9 heavy (non-hydrogen) atoms. The van der Waals surface area contributed by atoms with Gasteiger partial charge in [0, 0.05) is 6.20 Å². The lowest BCUT2D eigenvalue weighted by Crippen LogP contribution is -1.77. The summed E-state index contributed by atoms with van der Waals surface area (Å²) in [5, 5.41) is 0. The van der Waals surface area contributed by atoms with Crippen molar-refractivity contribution in [3.8, 4) is 0 Å². The molecule has 0 aliphatic rings. The predicted molar refractivity (Wildman–Crippen MR) is 44.1 cm³/mol. The minimum absolute atomic E-state index is 0.751. The van der Waals surface area contributed by atoms with E-state index in [0.717, 1.165) is 9.11 Å². The number of hydrogen-bond acceptors (Lipinski definition) is 1. The van der Waals surface area contributed by atoms with Gasteiger partial charge in [0.25, 0.3) is 0 Å². The van der Waals surface area contributed by atoms with Gasteiger partial charge in [-0.15, -0.1) is 0 Å². The third kappa shape index (κ3) is 1.63. The molecule has 0 aliphatic heterocycles. The van der Waals surface area contributed by atoms with E-state index in [-0.39, 0.29) is 0 Å². The molecular weight excluding hydrogens is 198 g/mol. The van der Waals surface area contributed by atoms with Gasteiger partial charge in [-0.25, -0.2) is 0 Å². The van der Waals surface area contributed by atoms with E-state index in [2.05, 4.69) is 20.9 Å². The van der Waals surface area contributed by atoms with Crippen molar-refractivity contribution in [1.29, 1.82) is 0 Å². The third-order valence-corrected chi connectivity index (χ3v) is 2.23. The molecule has 1 N–H and O–H groups in total. The quantitative estimate of drug-likeness (QED) is 0.642. The Balaban J connectivity index is 3.34. The summed E-state index contributed by atoms with van der Waals surface area (Å²) in [4.78, 5) is 2.94. The van der Waals surface area contributed by atoms with Crippen LogP contribution in [0.3, 0.4) is 0 Å². The maximum Gasteiger partial charge on any atom is 0.117 e. The van der Waals surface area contributed by atoms with Gasteiger partial charge in [-0.3, -0.25) is 0 Å². The highest BCUT2D eigenvalue weighted by Gasteiger charge is 1.88. The van der Waals surface area contributed by atoms with Crippen LogP contribution in [0.4, 0.5) is 0 Å². The standard InChI is InChI=1S/C6H6BrNS/c1-4-2-5(7)6(9)8-3-4/h2-3H,1H3,(H,8,9). The SMILES string of the molecule is Cc1c[nH]c(=S)c(Br)c1. The maximum absolute atomic E-state index is 4.91. The Morgan fingerprint density at radius 2 is 2.33 bits per heavy atom. The summed E-state index contributed by atoms with van der Waals surface area (Å²) in [7, 11) is 0. The summed E-state index contributed by atoms with van der Waals surface area (Å²) in [5.41, 5.74) is 1.18. The van der Waals surface area contributed by atoms with E-state index in [0.29, 0.717) is 0 Å². The van der Waals surface area contributed by atoms with Crippen molar-refractivity contribution in [2.24, 2.45) is 0 Å². The predicted octanol–water partition coefficient (Wildman–Crippen LogP) is 2.82. The fourth-order valence-corrected chi connectivity index (χ4v) is 1.15. The van der Waals surface area contributed by atoms with Gasteiger partial charge >= 0.3 is 0 Å². The molecule has 0 aliphatic carbocycles. The van der Waals surface area contributed by atoms with Gasteiger partial charge in [0.1, 0.15) is 4.64 Å². The molecule has 1 nitrogen and oxygen atoms in total. The highest BCUT2D eigenvalue weighted by molar-refractivity contribution is 9.10. The van der Waals surface area contributed by atoms with Crippen LogP contribution >= 0.6 is 28.1 Å². The molecule has 0 saturated heterocycles. The number of hydrogen-bond donors (Lipinski definition) is 1. The highest BCUT2D eigenvalue weighted by Crippen LogP contribution is 2.10. The number of halogens is 1. The molecule has 0 radical (unpaired) electrons. The molecule has 0 atom stereocenters. The Labute approximate surface area is 67.2 Å². The van der Waals surface area contributed by atoms with Crippen molar-refractivity contribution in [2.75, 3.05) is 0 Å². The molecular formula is C6H6BrNS. The number of aromatic nitrogens is 1. The smallest absolute Gasteiger partial charge is 0.117 e. The van der Waals surface area contributed by atoms with E-state index >= 15 is 0 Å². The van der Waals surface area contributed by atoms with Crippen molar-refractivity contribution < 1.29 is 0 Å². The first-order valence-electron chi connectivity index (χ1n) is 2.55. The number of rotatable bonds is 0. The van der Waals surface area contributed by atoms with Gasteiger partial charge in [-0.2, -0.15) is 0 Å². The van der Waals surface area contributed by atoms with E-state index < -0.39 is 0 Å². The molecule has 0 bridgehead atoms.